The molecule has 4 rings (SSSR count). The minimum atomic E-state index is -5.48. The Kier molecular flexibility index (Phi) is 21.1. The number of azo groups is 2. The Morgan fingerprint density at radius 1 is 0.857 bits per heavy atom. The van der Waals surface area contributed by atoms with Crippen molar-refractivity contribution >= 4 is 87.6 Å². The van der Waals surface area contributed by atoms with Gasteiger partial charge in [-0.25, -0.2) is 25.3 Å². The molecule has 0 aliphatic heterocycles. The minimum absolute atomic E-state index is 0. The summed E-state index contributed by atoms with van der Waals surface area (Å²) in [7, 11) is -14.7. The topological polar surface area (TPSA) is 315 Å². The van der Waals surface area contributed by atoms with E-state index in [0.29, 0.717) is 5.69 Å². The average Bonchev–Trinajstić information content (AvgIpc) is 3.06. The van der Waals surface area contributed by atoms with Gasteiger partial charge in [0.25, 0.3) is 5.91 Å². The van der Waals surface area contributed by atoms with Gasteiger partial charge in [0, 0.05) is 10.8 Å². The van der Waals surface area contributed by atoms with Gasteiger partial charge in [-0.05, 0) is 68.4 Å². The third-order valence-corrected chi connectivity index (χ3v) is 10.5. The van der Waals surface area contributed by atoms with E-state index in [1.54, 1.807) is 24.3 Å². The van der Waals surface area contributed by atoms with Crippen molar-refractivity contribution in [1.29, 1.82) is 0 Å². The number of fused-ring (bicyclic) bond motifs is 1. The van der Waals surface area contributed by atoms with Crippen LogP contribution >= 0.6 is 12.0 Å². The number of rotatable bonds is 16. The van der Waals surface area contributed by atoms with Crippen molar-refractivity contribution in [3.63, 3.8) is 0 Å². The van der Waals surface area contributed by atoms with Crippen LogP contribution in [0, 0.1) is 6.92 Å². The van der Waals surface area contributed by atoms with Gasteiger partial charge in [-0.15, -0.1) is 5.11 Å². The molecule has 0 aliphatic rings. The van der Waals surface area contributed by atoms with Gasteiger partial charge in [0.1, 0.15) is 15.8 Å². The number of hydrogen-bond acceptors (Lipinski definition) is 20. The Morgan fingerprint density at radius 3 is 2.00 bits per heavy atom. The molecule has 0 aromatic heterocycles. The number of ketones is 1. The van der Waals surface area contributed by atoms with Crippen molar-refractivity contribution < 1.29 is 157 Å². The summed E-state index contributed by atoms with van der Waals surface area (Å²) in [5, 5.41) is 42.0. The summed E-state index contributed by atoms with van der Waals surface area (Å²) in [5.74, 6) is -3.68. The molecule has 1 amide bonds. The van der Waals surface area contributed by atoms with E-state index < -0.39 is 82.2 Å². The Labute approximate surface area is 390 Å². The Hall–Kier alpha value is -1.76. The Balaban J connectivity index is 0.00000523. The molecule has 4 aromatic carbocycles. The molecule has 0 aliphatic carbocycles. The van der Waals surface area contributed by atoms with E-state index in [1.807, 2.05) is 6.92 Å². The smallest absolute Gasteiger partial charge is 0.744 e. The van der Waals surface area contributed by atoms with Gasteiger partial charge in [-0.2, -0.15) is 19.7 Å². The van der Waals surface area contributed by atoms with Gasteiger partial charge in [-0.3, -0.25) is 18.8 Å². The molecule has 0 fully saturated rings. The maximum Gasteiger partial charge on any atom is 1.00 e. The molecule has 0 radical (unpaired) electrons. The van der Waals surface area contributed by atoms with Crippen LogP contribution in [0.1, 0.15) is 12.5 Å². The number of carbonyl (C=O) groups excluding carboxylic acids is 2. The van der Waals surface area contributed by atoms with Crippen molar-refractivity contribution in [2.45, 2.75) is 34.6 Å². The number of sulfone groups is 1. The number of hydrogen-bond donors (Lipinski definition) is 2. The zero-order valence-corrected chi connectivity index (χ0v) is 39.2. The number of aromatic hydroxyl groups is 1. The number of carbonyl (C=O) groups is 2. The van der Waals surface area contributed by atoms with E-state index in [-0.39, 0.29) is 127 Å². The number of nitrogens with zero attached hydrogens (tertiary/aromatic N) is 4. The summed E-state index contributed by atoms with van der Waals surface area (Å²) in [6.45, 7) is 1.87. The largest absolute Gasteiger partial charge is 1.00 e. The molecular formula is C29H24N5Na3O15S4. The van der Waals surface area contributed by atoms with Crippen LogP contribution in [0.4, 0.5) is 22.7 Å². The van der Waals surface area contributed by atoms with Crippen LogP contribution in [0.2, 0.25) is 0 Å². The van der Waals surface area contributed by atoms with Crippen molar-refractivity contribution in [3.8, 4) is 5.75 Å². The third-order valence-electron chi connectivity index (χ3n) is 6.84. The summed E-state index contributed by atoms with van der Waals surface area (Å²) in [6.07, 6.45) is 0. The number of Topliss-reactive ketones (excluding diaryl/α,β-unsaturated/α-hetero) is 1. The van der Waals surface area contributed by atoms with Crippen molar-refractivity contribution in [3.05, 3.63) is 72.3 Å². The van der Waals surface area contributed by atoms with E-state index >= 15 is 0 Å². The van der Waals surface area contributed by atoms with Gasteiger partial charge in [-0.1, -0.05) is 17.7 Å². The van der Waals surface area contributed by atoms with Gasteiger partial charge in [0.15, 0.2) is 21.4 Å². The number of nitrogens with one attached hydrogen (secondary N) is 1. The standard InChI is InChI=1S/C29H27N5O15S4.3Na/c1-16-3-5-18(6-4-16)32-34-26-24(50-49-48-38)15-22-21(27(26)36)11-12-23(28(22)52(41,42)43)30-29(37)25(17(2)35)33-31-19-7-9-20(10-8-19)51(39,40)14-13-47-53(44,45)46;;;/h3-12,15,25,36,38H,13-14H2,1-2H3,(H,30,37)(H,41,42,43)(H,44,45,46);;;/q;3*+1/p-3. The molecule has 0 heterocycles. The fourth-order valence-electron chi connectivity index (χ4n) is 4.42. The molecule has 4 aromatic rings. The quantitative estimate of drug-likeness (QED) is 0.0155. The molecule has 20 nitrogen and oxygen atoms in total. The number of amides is 1. The minimum Gasteiger partial charge on any atom is -0.744 e. The van der Waals surface area contributed by atoms with Gasteiger partial charge in [0.05, 0.1) is 56.2 Å². The molecule has 1 unspecified atom stereocenters. The molecule has 27 heteroatoms. The molecule has 1 atom stereocenters. The Morgan fingerprint density at radius 2 is 1.45 bits per heavy atom. The van der Waals surface area contributed by atoms with Crippen LogP contribution in [0.25, 0.3) is 10.8 Å². The summed E-state index contributed by atoms with van der Waals surface area (Å²) in [5.41, 5.74) is 0.281. The summed E-state index contributed by atoms with van der Waals surface area (Å²) in [6, 6.07) is 12.2. The first-order valence-electron chi connectivity index (χ1n) is 14.4. The van der Waals surface area contributed by atoms with Crippen molar-refractivity contribution in [2.24, 2.45) is 20.5 Å². The van der Waals surface area contributed by atoms with Gasteiger partial charge >= 0.3 is 88.7 Å². The fourth-order valence-corrected chi connectivity index (χ4v) is 7.21. The predicted molar refractivity (Wildman–Crippen MR) is 179 cm³/mol. The maximum atomic E-state index is 13.2. The van der Waals surface area contributed by atoms with Crippen LogP contribution in [0.3, 0.4) is 0 Å². The summed E-state index contributed by atoms with van der Waals surface area (Å²) in [4.78, 5) is 24.0. The molecule has 282 valence electrons. The first kappa shape index (κ1) is 52.3. The van der Waals surface area contributed by atoms with Crippen LogP contribution < -0.4 is 99.2 Å². The van der Waals surface area contributed by atoms with Crippen LogP contribution in [0.5, 0.6) is 5.75 Å². The maximum absolute atomic E-state index is 13.2. The molecule has 56 heavy (non-hydrogen) atoms. The zero-order chi connectivity index (χ0) is 39.1. The van der Waals surface area contributed by atoms with E-state index in [2.05, 4.69) is 39.3 Å². The molecular weight excluding hydrogens is 856 g/mol. The number of anilines is 1. The number of phenols is 1. The summed E-state index contributed by atoms with van der Waals surface area (Å²) >= 11 is 0.195. The fraction of sp³-hybridized carbons (Fsp3) is 0.172. The Bertz CT molecular complexity index is 2440. The van der Waals surface area contributed by atoms with E-state index in [1.165, 1.54) is 0 Å². The normalized spacial score (nSPS) is 12.4. The number of aryl methyl sites for hydroxylation is 1. The van der Waals surface area contributed by atoms with Gasteiger partial charge in [0.2, 0.25) is 16.4 Å². The van der Waals surface area contributed by atoms with E-state index in [0.717, 1.165) is 55.0 Å². The molecule has 0 spiro atoms. The van der Waals surface area contributed by atoms with E-state index in [9.17, 15) is 54.3 Å². The van der Waals surface area contributed by atoms with E-state index in [4.69, 9.17) is 0 Å². The predicted octanol–water partition coefficient (Wildman–Crippen LogP) is -5.65. The van der Waals surface area contributed by atoms with Crippen molar-refractivity contribution in [1.82, 2.24) is 0 Å². The molecule has 0 saturated carbocycles. The SMILES string of the molecule is CC(=O)C(N=Nc1ccc(S(=O)(=O)CCOS(=O)(=O)[O-])cc1)C(=O)Nc1ccc2c(O)c(N=Nc3ccc(C)cc3)c(SOO[O-])cc2c1S(=O)(=O)[O-].[Na+].[Na+].[Na+]. The molecule has 0 bridgehead atoms. The summed E-state index contributed by atoms with van der Waals surface area (Å²) < 4.78 is 102. The molecule has 0 saturated heterocycles. The molecule has 2 N–H and O–H groups in total. The number of benzene rings is 4. The van der Waals surface area contributed by atoms with Crippen LogP contribution in [-0.4, -0.2) is 69.6 Å². The van der Waals surface area contributed by atoms with Crippen LogP contribution in [-0.2, 0) is 53.5 Å². The second-order valence-corrected chi connectivity index (χ2v) is 15.8. The average molecular weight is 880 g/mol. The third kappa shape index (κ3) is 14.5. The van der Waals surface area contributed by atoms with Crippen LogP contribution in [0.15, 0.2) is 102 Å². The second kappa shape index (κ2) is 22.6. The van der Waals surface area contributed by atoms with Crippen molar-refractivity contribution in [2.75, 3.05) is 17.7 Å². The first-order valence-corrected chi connectivity index (χ1v) is 19.5. The number of phenolic OH excluding ortho intramolecular Hbond substituents is 1. The first-order chi connectivity index (χ1) is 24.8. The zero-order valence-electron chi connectivity index (χ0n) is 29.9. The second-order valence-electron chi connectivity index (χ2n) is 10.6. The van der Waals surface area contributed by atoms with Gasteiger partial charge < -0.3 is 24.8 Å². The monoisotopic (exact) mass is 879 g/mol.